The Morgan fingerprint density at radius 2 is 2.12 bits per heavy atom. The fourth-order valence-corrected chi connectivity index (χ4v) is 2.08. The molecule has 0 unspecified atom stereocenters. The van der Waals surface area contributed by atoms with Crippen molar-refractivity contribution in [1.82, 2.24) is 4.98 Å². The van der Waals surface area contributed by atoms with Gasteiger partial charge in [-0.3, -0.25) is 9.59 Å². The summed E-state index contributed by atoms with van der Waals surface area (Å²) in [6.45, 7) is 1.46. The van der Waals surface area contributed by atoms with Gasteiger partial charge in [-0.25, -0.2) is 9.37 Å². The molecule has 24 heavy (non-hydrogen) atoms. The molecule has 6 nitrogen and oxygen atoms in total. The molecule has 0 radical (unpaired) electrons. The van der Waals surface area contributed by atoms with Crippen molar-refractivity contribution in [2.24, 2.45) is 5.73 Å². The van der Waals surface area contributed by atoms with E-state index in [1.807, 2.05) is 0 Å². The van der Waals surface area contributed by atoms with Crippen LogP contribution in [0.3, 0.4) is 0 Å². The van der Waals surface area contributed by atoms with E-state index < -0.39 is 11.7 Å². The first-order chi connectivity index (χ1) is 11.5. The Morgan fingerprint density at radius 1 is 1.38 bits per heavy atom. The first-order valence-electron chi connectivity index (χ1n) is 6.85. The number of aldehydes is 1. The average molecular weight is 324 g/mol. The van der Waals surface area contributed by atoms with Crippen LogP contribution in [0.4, 0.5) is 10.2 Å². The Morgan fingerprint density at radius 3 is 2.67 bits per heavy atom. The summed E-state index contributed by atoms with van der Waals surface area (Å²) >= 11 is 0. The lowest BCUT2D eigenvalue weighted by Gasteiger charge is -2.12. The van der Waals surface area contributed by atoms with Crippen LogP contribution in [0.1, 0.15) is 27.0 Å². The second kappa shape index (κ2) is 7.15. The summed E-state index contributed by atoms with van der Waals surface area (Å²) < 4.78 is 14.1. The SMILES string of the molecule is Cc1c(C(=CN)C(=O)Nc2ccc(C=O)cn2)ccc(C#N)c1F. The van der Waals surface area contributed by atoms with Crippen LogP contribution in [0.25, 0.3) is 5.57 Å². The molecule has 0 aliphatic heterocycles. The van der Waals surface area contributed by atoms with E-state index in [-0.39, 0.29) is 28.1 Å². The number of benzene rings is 1. The van der Waals surface area contributed by atoms with E-state index in [0.717, 1.165) is 6.20 Å². The van der Waals surface area contributed by atoms with Crippen LogP contribution in [-0.2, 0) is 4.79 Å². The molecule has 7 heteroatoms. The maximum atomic E-state index is 14.1. The van der Waals surface area contributed by atoms with Crippen molar-refractivity contribution in [1.29, 1.82) is 5.26 Å². The average Bonchev–Trinajstić information content (AvgIpc) is 2.60. The summed E-state index contributed by atoms with van der Waals surface area (Å²) in [4.78, 5) is 26.9. The second-order valence-corrected chi connectivity index (χ2v) is 4.84. The largest absolute Gasteiger partial charge is 0.404 e. The van der Waals surface area contributed by atoms with Gasteiger partial charge in [0.1, 0.15) is 17.7 Å². The van der Waals surface area contributed by atoms with Crippen LogP contribution in [-0.4, -0.2) is 17.2 Å². The van der Waals surface area contributed by atoms with Gasteiger partial charge in [0.05, 0.1) is 11.1 Å². The van der Waals surface area contributed by atoms with Gasteiger partial charge in [0, 0.05) is 18.0 Å². The maximum Gasteiger partial charge on any atom is 0.258 e. The predicted molar refractivity (Wildman–Crippen MR) is 86.3 cm³/mol. The summed E-state index contributed by atoms with van der Waals surface area (Å²) in [5, 5.41) is 11.4. The molecule has 2 rings (SSSR count). The molecule has 0 saturated carbocycles. The van der Waals surface area contributed by atoms with Gasteiger partial charge in [-0.1, -0.05) is 6.07 Å². The van der Waals surface area contributed by atoms with Gasteiger partial charge in [-0.15, -0.1) is 0 Å². The Hall–Kier alpha value is -3.53. The molecule has 0 bridgehead atoms. The van der Waals surface area contributed by atoms with Gasteiger partial charge in [0.2, 0.25) is 0 Å². The highest BCUT2D eigenvalue weighted by atomic mass is 19.1. The number of aromatic nitrogens is 1. The number of rotatable bonds is 4. The first-order valence-corrected chi connectivity index (χ1v) is 6.85. The van der Waals surface area contributed by atoms with E-state index in [2.05, 4.69) is 10.3 Å². The molecule has 0 spiro atoms. The maximum absolute atomic E-state index is 14.1. The number of anilines is 1. The Kier molecular flexibility index (Phi) is 5.02. The van der Waals surface area contributed by atoms with E-state index in [0.29, 0.717) is 11.8 Å². The van der Waals surface area contributed by atoms with Gasteiger partial charge in [-0.2, -0.15) is 5.26 Å². The van der Waals surface area contributed by atoms with E-state index in [1.54, 1.807) is 6.07 Å². The van der Waals surface area contributed by atoms with Crippen LogP contribution in [0.15, 0.2) is 36.7 Å². The molecule has 1 heterocycles. The smallest absolute Gasteiger partial charge is 0.258 e. The van der Waals surface area contributed by atoms with Crippen molar-refractivity contribution in [2.45, 2.75) is 6.92 Å². The van der Waals surface area contributed by atoms with E-state index in [4.69, 9.17) is 11.0 Å². The lowest BCUT2D eigenvalue weighted by Crippen LogP contribution is -2.16. The number of nitrogens with one attached hydrogen (secondary N) is 1. The predicted octanol–water partition coefficient (Wildman–Crippen LogP) is 2.15. The van der Waals surface area contributed by atoms with Crippen LogP contribution in [0, 0.1) is 24.1 Å². The minimum absolute atomic E-state index is 0.0390. The number of halogens is 1. The normalized spacial score (nSPS) is 10.8. The van der Waals surface area contributed by atoms with Crippen LogP contribution >= 0.6 is 0 Å². The number of carbonyl (C=O) groups excluding carboxylic acids is 2. The molecule has 0 atom stereocenters. The Bertz CT molecular complexity index is 867. The van der Waals surface area contributed by atoms with Gasteiger partial charge in [0.15, 0.2) is 6.29 Å². The first kappa shape index (κ1) is 16.8. The van der Waals surface area contributed by atoms with Gasteiger partial charge in [-0.05, 0) is 36.2 Å². The number of pyridine rings is 1. The molecule has 0 aliphatic rings. The molecule has 2 aromatic rings. The zero-order chi connectivity index (χ0) is 17.7. The van der Waals surface area contributed by atoms with Crippen molar-refractivity contribution in [3.05, 3.63) is 64.7 Å². The van der Waals surface area contributed by atoms with Crippen LogP contribution in [0.5, 0.6) is 0 Å². The lowest BCUT2D eigenvalue weighted by atomic mass is 9.98. The van der Waals surface area contributed by atoms with Gasteiger partial charge in [0.25, 0.3) is 5.91 Å². The van der Waals surface area contributed by atoms with Crippen molar-refractivity contribution < 1.29 is 14.0 Å². The highest BCUT2D eigenvalue weighted by Crippen LogP contribution is 2.24. The summed E-state index contributed by atoms with van der Waals surface area (Å²) in [5.74, 6) is -1.07. The highest BCUT2D eigenvalue weighted by Gasteiger charge is 2.18. The monoisotopic (exact) mass is 324 g/mol. The second-order valence-electron chi connectivity index (χ2n) is 4.84. The minimum Gasteiger partial charge on any atom is -0.404 e. The topological polar surface area (TPSA) is 109 Å². The Labute approximate surface area is 137 Å². The molecular formula is C17H13FN4O2. The van der Waals surface area contributed by atoms with Crippen molar-refractivity contribution in [2.75, 3.05) is 5.32 Å². The van der Waals surface area contributed by atoms with Crippen LogP contribution < -0.4 is 11.1 Å². The summed E-state index contributed by atoms with van der Waals surface area (Å²) in [7, 11) is 0. The molecule has 0 saturated heterocycles. The molecule has 0 fully saturated rings. The quantitative estimate of drug-likeness (QED) is 0.661. The van der Waals surface area contributed by atoms with Crippen molar-refractivity contribution in [3.63, 3.8) is 0 Å². The number of nitrogens with two attached hydrogens (primary N) is 1. The lowest BCUT2D eigenvalue weighted by molar-refractivity contribution is -0.111. The zero-order valence-corrected chi connectivity index (χ0v) is 12.7. The zero-order valence-electron chi connectivity index (χ0n) is 12.7. The molecule has 3 N–H and O–H groups in total. The molecule has 120 valence electrons. The molecule has 1 aromatic carbocycles. The van der Waals surface area contributed by atoms with Crippen molar-refractivity contribution >= 4 is 23.6 Å². The third kappa shape index (κ3) is 3.28. The summed E-state index contributed by atoms with van der Waals surface area (Å²) in [6.07, 6.45) is 3.00. The summed E-state index contributed by atoms with van der Waals surface area (Å²) in [6, 6.07) is 7.43. The van der Waals surface area contributed by atoms with Gasteiger partial charge >= 0.3 is 0 Å². The van der Waals surface area contributed by atoms with E-state index in [1.165, 1.54) is 37.4 Å². The third-order valence-corrected chi connectivity index (χ3v) is 3.37. The minimum atomic E-state index is -0.699. The van der Waals surface area contributed by atoms with Crippen LogP contribution in [0.2, 0.25) is 0 Å². The van der Waals surface area contributed by atoms with Crippen molar-refractivity contribution in [3.8, 4) is 6.07 Å². The fraction of sp³-hybridized carbons (Fsp3) is 0.0588. The standard InChI is InChI=1S/C17H13FN4O2/c1-10-13(4-3-12(6-19)16(10)18)14(7-20)17(24)22-15-5-2-11(9-23)8-21-15/h2-5,7-9H,20H2,1H3,(H,21,22,24). The van der Waals surface area contributed by atoms with E-state index >= 15 is 0 Å². The molecule has 1 amide bonds. The molecule has 1 aromatic heterocycles. The highest BCUT2D eigenvalue weighted by molar-refractivity contribution is 6.25. The molecular weight excluding hydrogens is 311 g/mol. The Balaban J connectivity index is 2.31. The summed E-state index contributed by atoms with van der Waals surface area (Å²) in [5.41, 5.74) is 6.23. The fourth-order valence-electron chi connectivity index (χ4n) is 2.08. The number of nitriles is 1. The van der Waals surface area contributed by atoms with E-state index in [9.17, 15) is 14.0 Å². The number of hydrogen-bond donors (Lipinski definition) is 2. The number of nitrogens with zero attached hydrogens (tertiary/aromatic N) is 2. The molecule has 0 aliphatic carbocycles. The number of carbonyl (C=O) groups is 2. The third-order valence-electron chi connectivity index (χ3n) is 3.37. The number of hydrogen-bond acceptors (Lipinski definition) is 5. The number of amides is 1. The van der Waals surface area contributed by atoms with Gasteiger partial charge < -0.3 is 11.1 Å².